The van der Waals surface area contributed by atoms with E-state index in [0.29, 0.717) is 38.5 Å². The van der Waals surface area contributed by atoms with Gasteiger partial charge in [0.1, 0.15) is 84.5 Å². The zero-order chi connectivity index (χ0) is 87.3. The van der Waals surface area contributed by atoms with Crippen molar-refractivity contribution in [3.63, 3.8) is 0 Å². The molecule has 0 spiro atoms. The number of hydrogen-bond donors (Lipinski definition) is 0. The van der Waals surface area contributed by atoms with Crippen molar-refractivity contribution in [2.24, 2.45) is 11.8 Å². The first-order chi connectivity index (χ1) is 59.1. The highest BCUT2D eigenvalue weighted by Gasteiger charge is 2.49. The average molecular weight is 1670 g/mol. The van der Waals surface area contributed by atoms with Crippen molar-refractivity contribution in [1.82, 2.24) is 19.6 Å². The van der Waals surface area contributed by atoms with Crippen LogP contribution >= 0.6 is 0 Å². The molecule has 0 aliphatic carbocycles. The lowest BCUT2D eigenvalue weighted by molar-refractivity contribution is -0.140. The Kier molecular flexibility index (Phi) is 31.4. The predicted molar refractivity (Wildman–Crippen MR) is 460 cm³/mol. The molecule has 640 valence electrons. The Balaban J connectivity index is 1.24. The van der Waals surface area contributed by atoms with E-state index >= 15 is 28.8 Å². The first-order valence-corrected chi connectivity index (χ1v) is 41.3. The third kappa shape index (κ3) is 20.5. The van der Waals surface area contributed by atoms with Crippen LogP contribution in [0, 0.1) is 11.8 Å². The molecule has 0 saturated heterocycles. The van der Waals surface area contributed by atoms with Gasteiger partial charge in [-0.3, -0.25) is 38.6 Å². The number of ether oxygens (including phenoxy) is 12. The van der Waals surface area contributed by atoms with Gasteiger partial charge in [-0.05, 0) is 160 Å². The van der Waals surface area contributed by atoms with Gasteiger partial charge in [0.15, 0.2) is 0 Å². The molecule has 0 aromatic heterocycles. The summed E-state index contributed by atoms with van der Waals surface area (Å²) < 4.78 is 73.2. The molecule has 26 nitrogen and oxygen atoms in total. The van der Waals surface area contributed by atoms with Crippen LogP contribution in [0.4, 0.5) is 0 Å². The molecule has 6 amide bonds. The molecule has 122 heavy (non-hydrogen) atoms. The van der Waals surface area contributed by atoms with Gasteiger partial charge in [0.2, 0.25) is 11.8 Å². The maximum absolute atomic E-state index is 16.6. The molecule has 4 atom stereocenters. The quantitative estimate of drug-likeness (QED) is 0.00651. The zero-order valence-electron chi connectivity index (χ0n) is 70.3. The Labute approximate surface area is 709 Å². The molecular weight excluding hydrogens is 1560 g/mol. The topological polar surface area (TPSA) is 294 Å². The number of amides is 6. The lowest BCUT2D eigenvalue weighted by Gasteiger charge is -2.39. The molecule has 0 N–H and O–H groups in total. The molecule has 0 bridgehead atoms. The highest BCUT2D eigenvalue weighted by Crippen LogP contribution is 2.58. The molecule has 0 saturated carbocycles. The first kappa shape index (κ1) is 90.2. The summed E-state index contributed by atoms with van der Waals surface area (Å²) in [7, 11) is 0. The fourth-order valence-electron chi connectivity index (χ4n) is 15.1. The number of carbonyl (C=O) groups excluding carboxylic acids is 10. The van der Waals surface area contributed by atoms with Crippen LogP contribution in [0.5, 0.6) is 46.0 Å². The zero-order valence-corrected chi connectivity index (χ0v) is 70.3. The third-order valence-corrected chi connectivity index (χ3v) is 21.8. The standard InChI is InChI=1S/C96H104N4O22/c1-13-59(11)89(95(109)97(19-7)20-8)99-91(105)69-55-73(119-65-31-23-61(24-32-65)39-43-111-47-51-115-77(101)15-3)83-85-75(121-67-35-27-63(28-36-67)41-45-113-49-53-117-79(103)17-5)57-71-82-72(94(108)100(93(71)107)90(60(12)14-2)96(110)98(21-9)22-10)58-76(122-68-37-29-64(30-38-68)42-46-114-50-54-118-80(104)18-6)86(88(82)85)84-74(56-70(92(99)106)81(69)87(83)84)120-66-33-25-62(26-34-66)40-44-112-48-52-116-78(102)16-4/h15-18,23-38,55-60,89-90H,3-6,13-14,19-22,39-54H2,1-2,7-12H3. The van der Waals surface area contributed by atoms with Crippen molar-refractivity contribution in [1.29, 1.82) is 0 Å². The van der Waals surface area contributed by atoms with E-state index < -0.39 is 83.2 Å². The molecule has 4 unspecified atom stereocenters. The number of carbonyl (C=O) groups is 10. The van der Waals surface area contributed by atoms with Crippen molar-refractivity contribution >= 4 is 102 Å². The summed E-state index contributed by atoms with van der Waals surface area (Å²) in [5.41, 5.74) is 3.16. The number of likely N-dealkylation sites (N-methyl/N-ethyl adjacent to an activating group) is 2. The summed E-state index contributed by atoms with van der Waals surface area (Å²) >= 11 is 0. The lowest BCUT2D eigenvalue weighted by Crippen LogP contribution is -2.57. The second-order valence-electron chi connectivity index (χ2n) is 29.3. The predicted octanol–water partition coefficient (Wildman–Crippen LogP) is 15.8. The van der Waals surface area contributed by atoms with Crippen molar-refractivity contribution in [2.75, 3.05) is 105 Å². The van der Waals surface area contributed by atoms with Crippen LogP contribution in [-0.2, 0) is 92.3 Å². The molecule has 9 aromatic carbocycles. The number of fused-ring (bicyclic) bond motifs is 2. The number of rotatable bonds is 48. The Morgan fingerprint density at radius 1 is 0.320 bits per heavy atom. The van der Waals surface area contributed by atoms with E-state index in [0.717, 1.165) is 56.4 Å². The Morgan fingerprint density at radius 2 is 0.541 bits per heavy atom. The Hall–Kier alpha value is -12.6. The maximum Gasteiger partial charge on any atom is 0.330 e. The van der Waals surface area contributed by atoms with Crippen molar-refractivity contribution < 1.29 is 105 Å². The van der Waals surface area contributed by atoms with Gasteiger partial charge in [-0.25, -0.2) is 19.2 Å². The normalized spacial score (nSPS) is 13.3. The number of hydrogen-bond acceptors (Lipinski definition) is 22. The van der Waals surface area contributed by atoms with Crippen LogP contribution in [0.2, 0.25) is 0 Å². The summed E-state index contributed by atoms with van der Waals surface area (Å²) in [6.45, 7) is 31.2. The van der Waals surface area contributed by atoms with Crippen LogP contribution in [0.1, 0.15) is 132 Å². The van der Waals surface area contributed by atoms with Gasteiger partial charge in [0, 0.05) is 93.6 Å². The van der Waals surface area contributed by atoms with Crippen molar-refractivity contribution in [3.05, 3.63) is 216 Å². The minimum Gasteiger partial charge on any atom is -0.460 e. The number of benzene rings is 9. The lowest BCUT2D eigenvalue weighted by atomic mass is 9.79. The molecular formula is C96H104N4O22. The average Bonchev–Trinajstić information content (AvgIpc) is 0.669. The third-order valence-electron chi connectivity index (χ3n) is 21.8. The Bertz CT molecular complexity index is 4750. The Morgan fingerprint density at radius 3 is 0.738 bits per heavy atom. The second-order valence-corrected chi connectivity index (χ2v) is 29.3. The van der Waals surface area contributed by atoms with E-state index in [4.69, 9.17) is 56.8 Å². The maximum atomic E-state index is 16.6. The van der Waals surface area contributed by atoms with Gasteiger partial charge >= 0.3 is 23.9 Å². The monoisotopic (exact) mass is 1660 g/mol. The molecule has 26 heteroatoms. The fourth-order valence-corrected chi connectivity index (χ4v) is 15.1. The summed E-state index contributed by atoms with van der Waals surface area (Å²) in [5, 5.41) is 1.46. The number of nitrogens with zero attached hydrogens (tertiary/aromatic N) is 4. The van der Waals surface area contributed by atoms with E-state index in [1.807, 2.05) is 104 Å². The van der Waals surface area contributed by atoms with E-state index in [9.17, 15) is 19.2 Å². The molecule has 0 radical (unpaired) electrons. The fraction of sp³-hybridized carbons (Fsp3) is 0.354. The van der Waals surface area contributed by atoms with Gasteiger partial charge in [0.05, 0.1) is 75.1 Å². The van der Waals surface area contributed by atoms with E-state index in [1.165, 1.54) is 0 Å². The minimum absolute atomic E-state index is 0.00705. The molecule has 9 aromatic rings. The van der Waals surface area contributed by atoms with Crippen LogP contribution in [0.25, 0.3) is 43.1 Å². The number of esters is 4. The molecule has 2 aliphatic rings. The van der Waals surface area contributed by atoms with Crippen molar-refractivity contribution in [2.45, 2.75) is 106 Å². The van der Waals surface area contributed by atoms with Gasteiger partial charge in [-0.2, -0.15) is 0 Å². The molecule has 11 rings (SSSR count). The van der Waals surface area contributed by atoms with E-state index in [2.05, 4.69) is 26.3 Å². The minimum atomic E-state index is -1.32. The molecule has 2 heterocycles. The van der Waals surface area contributed by atoms with E-state index in [-0.39, 0.29) is 217 Å². The summed E-state index contributed by atoms with van der Waals surface area (Å²) in [4.78, 5) is 149. The van der Waals surface area contributed by atoms with Crippen LogP contribution in [-0.4, -0.2) is 196 Å². The summed E-state index contributed by atoms with van der Waals surface area (Å²) in [6, 6.07) is 32.3. The SMILES string of the molecule is C=CC(=O)OCCOCCc1ccc(Oc2cc3c4c(cc(Oc5ccc(CCOCCOC(=O)C=C)cc5)c5c6c(Oc7ccc(CCOCCOC(=O)C=C)cc7)cc7c8c(cc(Oc9ccc(CCOCCOC(=O)C=C)cc9)c(c2c45)c86)C(=O)N(C(C(=O)N(CC)CC)C(C)CC)C7=O)C(=O)N(C(C(=O)N(CC)CC)C(C)CC)C3=O)cc1. The number of imide groups is 2. The summed E-state index contributed by atoms with van der Waals surface area (Å²) in [5.74, 6) is -6.54. The van der Waals surface area contributed by atoms with Crippen LogP contribution < -0.4 is 18.9 Å². The van der Waals surface area contributed by atoms with Crippen LogP contribution in [0.3, 0.4) is 0 Å². The van der Waals surface area contributed by atoms with Gasteiger partial charge in [-0.1, -0.05) is 115 Å². The van der Waals surface area contributed by atoms with Gasteiger partial charge in [-0.15, -0.1) is 0 Å². The van der Waals surface area contributed by atoms with Crippen molar-refractivity contribution in [3.8, 4) is 46.0 Å². The largest absolute Gasteiger partial charge is 0.460 e. The first-order valence-electron chi connectivity index (χ1n) is 41.3. The highest BCUT2D eigenvalue weighted by molar-refractivity contribution is 6.45. The molecule has 2 aliphatic heterocycles. The van der Waals surface area contributed by atoms with E-state index in [1.54, 1.807) is 82.6 Å². The smallest absolute Gasteiger partial charge is 0.330 e. The summed E-state index contributed by atoms with van der Waals surface area (Å²) in [6.07, 6.45) is 6.76. The van der Waals surface area contributed by atoms with Crippen LogP contribution in [0.15, 0.2) is 172 Å². The highest BCUT2D eigenvalue weighted by atomic mass is 16.6. The van der Waals surface area contributed by atoms with Gasteiger partial charge < -0.3 is 66.6 Å². The van der Waals surface area contributed by atoms with Gasteiger partial charge in [0.25, 0.3) is 23.6 Å². The second kappa shape index (κ2) is 42.5. The molecule has 0 fully saturated rings.